The zero-order chi connectivity index (χ0) is 11.4. The molecule has 4 N–H and O–H groups in total. The largest absolute Gasteiger partial charge is 0.480 e. The summed E-state index contributed by atoms with van der Waals surface area (Å²) in [4.78, 5) is 0. The maximum atomic E-state index is 8.80. The van der Waals surface area contributed by atoms with Crippen molar-refractivity contribution >= 4 is 0 Å². The lowest BCUT2D eigenvalue weighted by Crippen LogP contribution is -2.20. The highest BCUT2D eigenvalue weighted by atomic mass is 16.5. The third-order valence-electron chi connectivity index (χ3n) is 3.63. The van der Waals surface area contributed by atoms with Gasteiger partial charge in [-0.25, -0.2) is 0 Å². The summed E-state index contributed by atoms with van der Waals surface area (Å²) < 4.78 is 0. The van der Waals surface area contributed by atoms with Crippen molar-refractivity contribution in [1.82, 2.24) is 0 Å². The summed E-state index contributed by atoms with van der Waals surface area (Å²) in [5.41, 5.74) is 5.76. The number of aliphatic hydroxyl groups is 2. The molecule has 1 rings (SSSR count). The van der Waals surface area contributed by atoms with E-state index in [0.717, 1.165) is 24.7 Å². The van der Waals surface area contributed by atoms with E-state index in [0.29, 0.717) is 12.3 Å². The van der Waals surface area contributed by atoms with Gasteiger partial charge in [0.2, 0.25) is 0 Å². The van der Waals surface area contributed by atoms with E-state index in [9.17, 15) is 0 Å². The van der Waals surface area contributed by atoms with Gasteiger partial charge in [0, 0.05) is 0 Å². The van der Waals surface area contributed by atoms with E-state index in [-0.39, 0.29) is 5.70 Å². The smallest absolute Gasteiger partial charge is 0.293 e. The van der Waals surface area contributed by atoms with Crippen molar-refractivity contribution in [3.8, 4) is 0 Å². The van der Waals surface area contributed by atoms with Crippen molar-refractivity contribution in [1.29, 1.82) is 0 Å². The Kier molecular flexibility index (Phi) is 4.30. The summed E-state index contributed by atoms with van der Waals surface area (Å²) in [7, 11) is 0. The first-order valence-corrected chi connectivity index (χ1v) is 5.87. The lowest BCUT2D eigenvalue weighted by Gasteiger charge is -2.30. The quantitative estimate of drug-likeness (QED) is 0.631. The van der Waals surface area contributed by atoms with Crippen molar-refractivity contribution in [2.24, 2.45) is 23.5 Å². The van der Waals surface area contributed by atoms with Gasteiger partial charge in [-0.15, -0.1) is 0 Å². The maximum absolute atomic E-state index is 8.80. The molecule has 0 radical (unpaired) electrons. The number of allylic oxidation sites excluding steroid dienone is 1. The highest BCUT2D eigenvalue weighted by Gasteiger charge is 2.23. The maximum Gasteiger partial charge on any atom is 0.293 e. The van der Waals surface area contributed by atoms with Crippen LogP contribution in [0.25, 0.3) is 0 Å². The van der Waals surface area contributed by atoms with Gasteiger partial charge in [0.15, 0.2) is 0 Å². The molecule has 0 aliphatic heterocycles. The molecule has 3 heteroatoms. The third-order valence-corrected chi connectivity index (χ3v) is 3.63. The van der Waals surface area contributed by atoms with E-state index in [4.69, 9.17) is 15.9 Å². The average molecular weight is 213 g/mol. The van der Waals surface area contributed by atoms with Crippen LogP contribution in [-0.4, -0.2) is 10.2 Å². The molecular weight excluding hydrogens is 190 g/mol. The molecule has 0 spiro atoms. The molecule has 0 saturated heterocycles. The number of nitrogens with two attached hydrogens (primary N) is 1. The molecule has 88 valence electrons. The van der Waals surface area contributed by atoms with Crippen LogP contribution in [0, 0.1) is 17.8 Å². The van der Waals surface area contributed by atoms with Gasteiger partial charge in [-0.1, -0.05) is 13.8 Å². The molecule has 0 atom stereocenters. The van der Waals surface area contributed by atoms with E-state index >= 15 is 0 Å². The summed E-state index contributed by atoms with van der Waals surface area (Å²) in [6.07, 6.45) is 5.46. The second-order valence-corrected chi connectivity index (χ2v) is 5.08. The van der Waals surface area contributed by atoms with Crippen molar-refractivity contribution in [2.75, 3.05) is 0 Å². The summed E-state index contributed by atoms with van der Waals surface area (Å²) in [6.45, 7) is 4.55. The van der Waals surface area contributed by atoms with Crippen LogP contribution in [0.4, 0.5) is 0 Å². The predicted molar refractivity (Wildman–Crippen MR) is 61.4 cm³/mol. The van der Waals surface area contributed by atoms with Gasteiger partial charge >= 0.3 is 0 Å². The van der Waals surface area contributed by atoms with Crippen molar-refractivity contribution < 1.29 is 10.2 Å². The van der Waals surface area contributed by atoms with Crippen LogP contribution in [0.3, 0.4) is 0 Å². The van der Waals surface area contributed by atoms with Crippen LogP contribution < -0.4 is 5.73 Å². The molecule has 1 fully saturated rings. The van der Waals surface area contributed by atoms with E-state index in [1.807, 2.05) is 0 Å². The Morgan fingerprint density at radius 1 is 1.20 bits per heavy atom. The fourth-order valence-corrected chi connectivity index (χ4v) is 2.46. The highest BCUT2D eigenvalue weighted by molar-refractivity contribution is 4.97. The van der Waals surface area contributed by atoms with E-state index in [1.165, 1.54) is 12.8 Å². The molecule has 0 amide bonds. The van der Waals surface area contributed by atoms with Crippen LogP contribution in [0.15, 0.2) is 11.6 Å². The fraction of sp³-hybridized carbons (Fsp3) is 0.833. The molecule has 0 aromatic rings. The van der Waals surface area contributed by atoms with Gasteiger partial charge in [-0.05, 0) is 49.9 Å². The lowest BCUT2D eigenvalue weighted by atomic mass is 9.76. The van der Waals surface area contributed by atoms with Crippen LogP contribution in [0.1, 0.15) is 46.0 Å². The minimum Gasteiger partial charge on any atom is -0.480 e. The Bertz CT molecular complexity index is 224. The van der Waals surface area contributed by atoms with Crippen molar-refractivity contribution in [2.45, 2.75) is 46.0 Å². The van der Waals surface area contributed by atoms with Crippen LogP contribution in [0.2, 0.25) is 0 Å². The standard InChI is InChI=1S/C12H23NO2/c1-8(2)10-5-3-9(4-6-10)7-11(13)12(14)15/h8-10,14-15H,3-7,13H2,1-2H3. The molecule has 1 saturated carbocycles. The average Bonchev–Trinajstić information content (AvgIpc) is 2.18. The minimum atomic E-state index is -0.694. The first-order valence-electron chi connectivity index (χ1n) is 5.87. The number of rotatable bonds is 3. The van der Waals surface area contributed by atoms with Gasteiger partial charge in [-0.2, -0.15) is 0 Å². The molecule has 0 bridgehead atoms. The molecule has 15 heavy (non-hydrogen) atoms. The van der Waals surface area contributed by atoms with Gasteiger partial charge in [-0.3, -0.25) is 0 Å². The molecule has 3 nitrogen and oxygen atoms in total. The van der Waals surface area contributed by atoms with Crippen LogP contribution in [0.5, 0.6) is 0 Å². The molecule has 1 aliphatic rings. The molecule has 0 unspecified atom stereocenters. The van der Waals surface area contributed by atoms with Gasteiger partial charge in [0.25, 0.3) is 5.95 Å². The Morgan fingerprint density at radius 2 is 1.73 bits per heavy atom. The number of hydrogen-bond acceptors (Lipinski definition) is 3. The molecule has 0 aromatic heterocycles. The zero-order valence-corrected chi connectivity index (χ0v) is 9.74. The SMILES string of the molecule is CC(C)C1CCC(CC(N)=C(O)O)CC1. The van der Waals surface area contributed by atoms with Crippen molar-refractivity contribution in [3.63, 3.8) is 0 Å². The van der Waals surface area contributed by atoms with Crippen LogP contribution >= 0.6 is 0 Å². The highest BCUT2D eigenvalue weighted by Crippen LogP contribution is 2.35. The molecule has 0 heterocycles. The number of aliphatic hydroxyl groups excluding tert-OH is 1. The summed E-state index contributed by atoms with van der Waals surface area (Å²) in [5.74, 6) is 1.45. The topological polar surface area (TPSA) is 66.5 Å². The zero-order valence-electron chi connectivity index (χ0n) is 9.74. The van der Waals surface area contributed by atoms with Gasteiger partial charge < -0.3 is 15.9 Å². The molecule has 0 aromatic carbocycles. The fourth-order valence-electron chi connectivity index (χ4n) is 2.46. The Balaban J connectivity index is 2.35. The minimum absolute atomic E-state index is 0.239. The third kappa shape index (κ3) is 3.65. The van der Waals surface area contributed by atoms with Crippen molar-refractivity contribution in [3.05, 3.63) is 11.6 Å². The summed E-state index contributed by atoms with van der Waals surface area (Å²) in [5, 5.41) is 17.6. The van der Waals surface area contributed by atoms with E-state index in [1.54, 1.807) is 0 Å². The second-order valence-electron chi connectivity index (χ2n) is 5.08. The lowest BCUT2D eigenvalue weighted by molar-refractivity contribution is 0.175. The first-order chi connectivity index (χ1) is 7.00. The first kappa shape index (κ1) is 12.2. The number of hydrogen-bond donors (Lipinski definition) is 3. The Morgan fingerprint density at radius 3 is 2.13 bits per heavy atom. The summed E-state index contributed by atoms with van der Waals surface area (Å²) in [6, 6.07) is 0. The van der Waals surface area contributed by atoms with Gasteiger partial charge in [0.05, 0.1) is 5.70 Å². The molecule has 1 aliphatic carbocycles. The Labute approximate surface area is 92.0 Å². The Hall–Kier alpha value is -0.860. The normalized spacial score (nSPS) is 26.6. The summed E-state index contributed by atoms with van der Waals surface area (Å²) >= 11 is 0. The van der Waals surface area contributed by atoms with E-state index < -0.39 is 5.95 Å². The van der Waals surface area contributed by atoms with E-state index in [2.05, 4.69) is 13.8 Å². The van der Waals surface area contributed by atoms with Gasteiger partial charge in [0.1, 0.15) is 0 Å². The van der Waals surface area contributed by atoms with Crippen LogP contribution in [-0.2, 0) is 0 Å². The predicted octanol–water partition coefficient (Wildman–Crippen LogP) is 3.08. The second kappa shape index (κ2) is 5.29. The molecular formula is C12H23NO2. The monoisotopic (exact) mass is 213 g/mol.